The number of carboxylic acid groups (broad SMARTS) is 1. The largest absolute Gasteiger partial charge is 0.480 e. The summed E-state index contributed by atoms with van der Waals surface area (Å²) in [5.41, 5.74) is 1.07. The molecule has 0 heterocycles. The number of aliphatic carboxylic acids is 1. The van der Waals surface area contributed by atoms with Crippen LogP contribution in [0.2, 0.25) is 0 Å². The first-order valence-electron chi connectivity index (χ1n) is 7.76. The lowest BCUT2D eigenvalue weighted by Gasteiger charge is -2.20. The van der Waals surface area contributed by atoms with Gasteiger partial charge in [-0.3, -0.25) is 14.9 Å². The van der Waals surface area contributed by atoms with Crippen LogP contribution in [0.5, 0.6) is 0 Å². The Bertz CT molecular complexity index is 776. The molecule has 0 unspecified atom stereocenters. The van der Waals surface area contributed by atoms with Crippen molar-refractivity contribution in [3.05, 3.63) is 75.8 Å². The number of rotatable bonds is 8. The van der Waals surface area contributed by atoms with E-state index in [0.29, 0.717) is 11.1 Å². The molecule has 0 bridgehead atoms. The molecule has 2 aromatic carbocycles. The van der Waals surface area contributed by atoms with Crippen LogP contribution in [0.1, 0.15) is 17.2 Å². The van der Waals surface area contributed by atoms with Gasteiger partial charge in [0.05, 0.1) is 4.92 Å². The summed E-state index contributed by atoms with van der Waals surface area (Å²) >= 11 is 0. The van der Waals surface area contributed by atoms with Gasteiger partial charge >= 0.3 is 5.97 Å². The van der Waals surface area contributed by atoms with Gasteiger partial charge in [-0.1, -0.05) is 42.5 Å². The van der Waals surface area contributed by atoms with E-state index < -0.39 is 28.9 Å². The first-order valence-corrected chi connectivity index (χ1v) is 7.76. The maximum Gasteiger partial charge on any atom is 0.326 e. The molecule has 0 fully saturated rings. The molecule has 2 rings (SSSR count). The topological polar surface area (TPSA) is 119 Å². The van der Waals surface area contributed by atoms with Crippen molar-refractivity contribution in [3.63, 3.8) is 0 Å². The highest BCUT2D eigenvalue weighted by molar-refractivity contribution is 5.87. The minimum absolute atomic E-state index is 0.00963. The van der Waals surface area contributed by atoms with Gasteiger partial charge in [-0.2, -0.15) is 0 Å². The molecule has 8 heteroatoms. The third-order valence-electron chi connectivity index (χ3n) is 3.78. The van der Waals surface area contributed by atoms with Crippen molar-refractivity contribution in [1.82, 2.24) is 5.32 Å². The smallest absolute Gasteiger partial charge is 0.326 e. The number of carbonyl (C=O) groups is 2. The first kappa shape index (κ1) is 19.1. The maximum absolute atomic E-state index is 12.4. The predicted molar refractivity (Wildman–Crippen MR) is 92.6 cm³/mol. The van der Waals surface area contributed by atoms with E-state index in [9.17, 15) is 24.8 Å². The predicted octanol–water partition coefficient (Wildman–Crippen LogP) is 2.09. The second kappa shape index (κ2) is 8.72. The summed E-state index contributed by atoms with van der Waals surface area (Å²) in [7, 11) is 1.36. The molecule has 2 aromatic rings. The maximum atomic E-state index is 12.4. The second-order valence-electron chi connectivity index (χ2n) is 5.55. The van der Waals surface area contributed by atoms with E-state index in [0.717, 1.165) is 0 Å². The molecule has 2 atom stereocenters. The lowest BCUT2D eigenvalue weighted by atomic mass is 10.0. The zero-order valence-corrected chi connectivity index (χ0v) is 14.0. The first-order chi connectivity index (χ1) is 12.4. The van der Waals surface area contributed by atoms with E-state index in [1.54, 1.807) is 30.3 Å². The molecule has 0 aliphatic heterocycles. The van der Waals surface area contributed by atoms with Crippen LogP contribution in [0.4, 0.5) is 5.69 Å². The number of ether oxygens (including phenoxy) is 1. The van der Waals surface area contributed by atoms with E-state index in [2.05, 4.69) is 5.32 Å². The molecule has 136 valence electrons. The molecule has 0 spiro atoms. The molecular formula is C18H18N2O6. The van der Waals surface area contributed by atoms with Gasteiger partial charge in [0.1, 0.15) is 6.04 Å². The standard InChI is InChI=1S/C18H18N2O6/c1-26-16(13-5-3-2-4-6-13)17(21)19-15(18(22)23)11-12-7-9-14(10-8-12)20(24)25/h2-10,15-16H,11H2,1H3,(H,19,21)(H,22,23)/t15-,16-/m0/s1. The average Bonchev–Trinajstić information content (AvgIpc) is 2.63. The monoisotopic (exact) mass is 358 g/mol. The number of hydrogen-bond acceptors (Lipinski definition) is 5. The molecule has 0 aromatic heterocycles. The number of non-ortho nitro benzene ring substituents is 1. The summed E-state index contributed by atoms with van der Waals surface area (Å²) in [6.45, 7) is 0. The summed E-state index contributed by atoms with van der Waals surface area (Å²) in [6, 6.07) is 13.0. The number of carboxylic acids is 1. The van der Waals surface area contributed by atoms with Crippen LogP contribution >= 0.6 is 0 Å². The van der Waals surface area contributed by atoms with E-state index in [-0.39, 0.29) is 12.1 Å². The third kappa shape index (κ3) is 4.87. The normalized spacial score (nSPS) is 12.8. The van der Waals surface area contributed by atoms with Crippen LogP contribution in [0.15, 0.2) is 54.6 Å². The molecule has 0 aliphatic rings. The lowest BCUT2D eigenvalue weighted by molar-refractivity contribution is -0.384. The number of nitrogens with zero attached hydrogens (tertiary/aromatic N) is 1. The minimum Gasteiger partial charge on any atom is -0.480 e. The van der Waals surface area contributed by atoms with Gasteiger partial charge < -0.3 is 15.2 Å². The fraction of sp³-hybridized carbons (Fsp3) is 0.222. The van der Waals surface area contributed by atoms with E-state index in [4.69, 9.17) is 4.74 Å². The van der Waals surface area contributed by atoms with Gasteiger partial charge in [0.15, 0.2) is 6.10 Å². The number of hydrogen-bond donors (Lipinski definition) is 2. The van der Waals surface area contributed by atoms with Crippen molar-refractivity contribution >= 4 is 17.6 Å². The molecule has 0 saturated heterocycles. The zero-order chi connectivity index (χ0) is 19.1. The van der Waals surface area contributed by atoms with Crippen molar-refractivity contribution in [1.29, 1.82) is 0 Å². The van der Waals surface area contributed by atoms with Crippen LogP contribution in [0, 0.1) is 10.1 Å². The average molecular weight is 358 g/mol. The summed E-state index contributed by atoms with van der Waals surface area (Å²) in [6.07, 6.45) is -0.945. The molecule has 0 aliphatic carbocycles. The molecule has 8 nitrogen and oxygen atoms in total. The van der Waals surface area contributed by atoms with Crippen molar-refractivity contribution in [2.75, 3.05) is 7.11 Å². The van der Waals surface area contributed by atoms with Crippen LogP contribution in [0.25, 0.3) is 0 Å². The number of benzene rings is 2. The van der Waals surface area contributed by atoms with Gasteiger partial charge in [0, 0.05) is 25.7 Å². The van der Waals surface area contributed by atoms with Gasteiger partial charge in [0.2, 0.25) is 0 Å². The summed E-state index contributed by atoms with van der Waals surface area (Å²) in [5.74, 6) is -1.78. The number of nitro groups is 1. The van der Waals surface area contributed by atoms with Crippen molar-refractivity contribution < 1.29 is 24.4 Å². The van der Waals surface area contributed by atoms with Crippen LogP contribution < -0.4 is 5.32 Å². The molecule has 1 amide bonds. The Morgan fingerprint density at radius 1 is 1.15 bits per heavy atom. The quantitative estimate of drug-likeness (QED) is 0.551. The molecule has 0 radical (unpaired) electrons. The Morgan fingerprint density at radius 2 is 1.77 bits per heavy atom. The van der Waals surface area contributed by atoms with Crippen LogP contribution in [0.3, 0.4) is 0 Å². The van der Waals surface area contributed by atoms with Crippen molar-refractivity contribution in [2.24, 2.45) is 0 Å². The van der Waals surface area contributed by atoms with Gasteiger partial charge in [0.25, 0.3) is 11.6 Å². The summed E-state index contributed by atoms with van der Waals surface area (Å²) in [4.78, 5) is 34.1. The van der Waals surface area contributed by atoms with E-state index in [1.807, 2.05) is 0 Å². The fourth-order valence-electron chi connectivity index (χ4n) is 2.46. The number of nitro benzene ring substituents is 1. The highest BCUT2D eigenvalue weighted by Gasteiger charge is 2.26. The third-order valence-corrected chi connectivity index (χ3v) is 3.78. The highest BCUT2D eigenvalue weighted by atomic mass is 16.6. The highest BCUT2D eigenvalue weighted by Crippen LogP contribution is 2.17. The SMILES string of the molecule is CO[C@H](C(=O)N[C@@H](Cc1ccc([N+](=O)[O-])cc1)C(=O)O)c1ccccc1. The Balaban J connectivity index is 2.10. The Hall–Kier alpha value is -3.26. The number of methoxy groups -OCH3 is 1. The number of amides is 1. The number of nitrogens with one attached hydrogen (secondary N) is 1. The molecule has 2 N–H and O–H groups in total. The van der Waals surface area contributed by atoms with Crippen molar-refractivity contribution in [3.8, 4) is 0 Å². The molecule has 26 heavy (non-hydrogen) atoms. The van der Waals surface area contributed by atoms with Crippen LogP contribution in [-0.2, 0) is 20.7 Å². The lowest BCUT2D eigenvalue weighted by Crippen LogP contribution is -2.44. The Kier molecular flexibility index (Phi) is 6.40. The summed E-state index contributed by atoms with van der Waals surface area (Å²) in [5, 5.41) is 22.5. The second-order valence-corrected chi connectivity index (χ2v) is 5.55. The fourth-order valence-corrected chi connectivity index (χ4v) is 2.46. The van der Waals surface area contributed by atoms with Gasteiger partial charge in [-0.05, 0) is 11.1 Å². The van der Waals surface area contributed by atoms with Gasteiger partial charge in [-0.25, -0.2) is 4.79 Å². The number of carbonyl (C=O) groups excluding carboxylic acids is 1. The van der Waals surface area contributed by atoms with Crippen LogP contribution in [-0.4, -0.2) is 35.1 Å². The van der Waals surface area contributed by atoms with Crippen molar-refractivity contribution in [2.45, 2.75) is 18.6 Å². The molecular weight excluding hydrogens is 340 g/mol. The molecule has 0 saturated carbocycles. The zero-order valence-electron chi connectivity index (χ0n) is 14.0. The Labute approximate surface area is 149 Å². The Morgan fingerprint density at radius 3 is 2.27 bits per heavy atom. The van der Waals surface area contributed by atoms with Gasteiger partial charge in [-0.15, -0.1) is 0 Å². The minimum atomic E-state index is -1.21. The summed E-state index contributed by atoms with van der Waals surface area (Å²) < 4.78 is 5.19. The van der Waals surface area contributed by atoms with E-state index >= 15 is 0 Å². The van der Waals surface area contributed by atoms with E-state index in [1.165, 1.54) is 31.4 Å².